The molecule has 10 heteroatoms. The van der Waals surface area contributed by atoms with Crippen molar-refractivity contribution in [2.75, 3.05) is 16.0 Å². The minimum atomic E-state index is -4.55. The lowest BCUT2D eigenvalue weighted by Crippen LogP contribution is -2.34. The van der Waals surface area contributed by atoms with Crippen LogP contribution in [0, 0.1) is 0 Å². The van der Waals surface area contributed by atoms with E-state index in [1.807, 2.05) is 0 Å². The molecule has 2 aromatic rings. The van der Waals surface area contributed by atoms with Gasteiger partial charge >= 0.3 is 12.2 Å². The second-order valence-corrected chi connectivity index (χ2v) is 5.54. The summed E-state index contributed by atoms with van der Waals surface area (Å²) in [6, 6.07) is 7.61. The van der Waals surface area contributed by atoms with Crippen LogP contribution in [-0.4, -0.2) is 23.1 Å². The van der Waals surface area contributed by atoms with Gasteiger partial charge in [0.15, 0.2) is 0 Å². The van der Waals surface area contributed by atoms with Crippen LogP contribution in [0.3, 0.4) is 0 Å². The monoisotopic (exact) mass is 365 g/mol. The molecular formula is C16H14F3N5O2. The van der Waals surface area contributed by atoms with Gasteiger partial charge in [0, 0.05) is 28.8 Å². The normalized spacial score (nSPS) is 13.3. The number of pyridine rings is 1. The number of fused-ring (bicyclic) bond motifs is 1. The minimum absolute atomic E-state index is 0.260. The summed E-state index contributed by atoms with van der Waals surface area (Å²) in [6.45, 7) is 0.308. The topological polar surface area (TPSA) is 95.2 Å². The van der Waals surface area contributed by atoms with Gasteiger partial charge in [-0.3, -0.25) is 10.1 Å². The Kier molecular flexibility index (Phi) is 4.65. The number of aromatic nitrogens is 1. The number of hydrogen-bond donors (Lipinski definition) is 4. The highest BCUT2D eigenvalue weighted by molar-refractivity contribution is 5.93. The largest absolute Gasteiger partial charge is 0.397 e. The van der Waals surface area contributed by atoms with Crippen LogP contribution in [0.2, 0.25) is 0 Å². The Morgan fingerprint density at radius 1 is 1.15 bits per heavy atom. The number of hydrogen-bond acceptors (Lipinski definition) is 4. The predicted octanol–water partition coefficient (Wildman–Crippen LogP) is 3.35. The molecule has 7 nitrogen and oxygen atoms in total. The van der Waals surface area contributed by atoms with Crippen LogP contribution >= 0.6 is 0 Å². The minimum Gasteiger partial charge on any atom is -0.355 e. The third-order valence-electron chi connectivity index (χ3n) is 3.52. The lowest BCUT2D eigenvalue weighted by Gasteiger charge is -2.20. The van der Waals surface area contributed by atoms with Gasteiger partial charge in [-0.05, 0) is 30.3 Å². The highest BCUT2D eigenvalue weighted by Gasteiger charge is 2.31. The number of amides is 3. The van der Waals surface area contributed by atoms with Crippen molar-refractivity contribution in [1.82, 2.24) is 10.3 Å². The first kappa shape index (κ1) is 17.5. The summed E-state index contributed by atoms with van der Waals surface area (Å²) in [5, 5.41) is 10.6. The van der Waals surface area contributed by atoms with Crippen LogP contribution in [0.4, 0.5) is 40.8 Å². The highest BCUT2D eigenvalue weighted by atomic mass is 19.4. The molecule has 1 aliphatic rings. The zero-order chi connectivity index (χ0) is 18.7. The molecule has 0 spiro atoms. The maximum Gasteiger partial charge on any atom is 0.397 e. The molecule has 2 heterocycles. The lowest BCUT2D eigenvalue weighted by molar-refractivity contribution is -0.150. The van der Waals surface area contributed by atoms with Gasteiger partial charge in [-0.2, -0.15) is 13.2 Å². The number of halogens is 3. The van der Waals surface area contributed by atoms with E-state index in [-0.39, 0.29) is 11.7 Å². The van der Waals surface area contributed by atoms with Gasteiger partial charge in [-0.1, -0.05) is 0 Å². The van der Waals surface area contributed by atoms with Gasteiger partial charge in [0.25, 0.3) is 0 Å². The van der Waals surface area contributed by atoms with Crippen molar-refractivity contribution in [2.24, 2.45) is 0 Å². The van der Waals surface area contributed by atoms with E-state index in [1.54, 1.807) is 24.4 Å². The van der Waals surface area contributed by atoms with E-state index < -0.39 is 18.5 Å². The molecule has 1 aromatic heterocycles. The summed E-state index contributed by atoms with van der Waals surface area (Å²) in [6.07, 6.45) is -4.54. The fourth-order valence-corrected chi connectivity index (χ4v) is 2.40. The molecule has 4 N–H and O–H groups in total. The van der Waals surface area contributed by atoms with Crippen molar-refractivity contribution in [3.8, 4) is 0 Å². The molecule has 0 radical (unpaired) electrons. The Hall–Kier alpha value is -3.30. The van der Waals surface area contributed by atoms with Gasteiger partial charge in [-0.25, -0.2) is 9.78 Å². The third-order valence-corrected chi connectivity index (χ3v) is 3.52. The number of nitrogens with zero attached hydrogens (tertiary/aromatic N) is 1. The molecule has 0 saturated heterocycles. The molecule has 3 amide bonds. The first-order valence-electron chi connectivity index (χ1n) is 7.56. The summed E-state index contributed by atoms with van der Waals surface area (Å²) < 4.78 is 36.5. The predicted molar refractivity (Wildman–Crippen MR) is 89.1 cm³/mol. The van der Waals surface area contributed by atoms with Crippen LogP contribution in [0.25, 0.3) is 0 Å². The summed E-state index contributed by atoms with van der Waals surface area (Å²) in [4.78, 5) is 26.7. The smallest absolute Gasteiger partial charge is 0.355 e. The molecule has 0 aliphatic carbocycles. The van der Waals surface area contributed by atoms with Crippen LogP contribution in [0.1, 0.15) is 12.0 Å². The van der Waals surface area contributed by atoms with Crippen LogP contribution in [0.15, 0.2) is 36.5 Å². The average molecular weight is 365 g/mol. The Labute approximate surface area is 146 Å². The number of carbonyl (C=O) groups is 2. The second-order valence-electron chi connectivity index (χ2n) is 5.54. The van der Waals surface area contributed by atoms with E-state index in [0.717, 1.165) is 11.3 Å². The molecule has 1 aliphatic heterocycles. The Bertz CT molecular complexity index is 837. The Balaban J connectivity index is 1.68. The molecule has 0 saturated carbocycles. The molecule has 0 atom stereocenters. The quantitative estimate of drug-likeness (QED) is 0.668. The zero-order valence-corrected chi connectivity index (χ0v) is 13.3. The standard InChI is InChI=1S/C16H14F3N5O2/c17-16(18,19)7-13(25)23-10-3-1-9(2-4-10)22-12-5-6-20-14-11(12)8-21-15(26)24-14/h1-6H,7-8H2,(H,23,25)(H3,20,21,22,24,26). The number of anilines is 4. The van der Waals surface area contributed by atoms with Gasteiger partial charge < -0.3 is 16.0 Å². The highest BCUT2D eigenvalue weighted by Crippen LogP contribution is 2.28. The summed E-state index contributed by atoms with van der Waals surface area (Å²) in [5.74, 6) is -0.669. The summed E-state index contributed by atoms with van der Waals surface area (Å²) in [5.41, 5.74) is 2.41. The molecule has 26 heavy (non-hydrogen) atoms. The molecular weight excluding hydrogens is 351 g/mol. The lowest BCUT2D eigenvalue weighted by atomic mass is 10.1. The SMILES string of the molecule is O=C(CC(F)(F)F)Nc1ccc(Nc2ccnc3c2CNC(=O)N3)cc1. The number of carbonyl (C=O) groups excluding carboxylic acids is 2. The van der Waals surface area contributed by atoms with Crippen LogP contribution in [-0.2, 0) is 11.3 Å². The number of benzene rings is 1. The Morgan fingerprint density at radius 3 is 2.54 bits per heavy atom. The number of rotatable bonds is 4. The zero-order valence-electron chi connectivity index (χ0n) is 13.3. The van der Waals surface area contributed by atoms with Gasteiger partial charge in [0.1, 0.15) is 12.2 Å². The molecule has 0 bridgehead atoms. The van der Waals surface area contributed by atoms with E-state index in [1.165, 1.54) is 12.1 Å². The Morgan fingerprint density at radius 2 is 1.85 bits per heavy atom. The van der Waals surface area contributed by atoms with Gasteiger partial charge in [0.2, 0.25) is 5.91 Å². The third kappa shape index (κ3) is 4.41. The van der Waals surface area contributed by atoms with Crippen molar-refractivity contribution in [3.63, 3.8) is 0 Å². The molecule has 0 fully saturated rings. The van der Waals surface area contributed by atoms with Crippen molar-refractivity contribution in [1.29, 1.82) is 0 Å². The maximum absolute atomic E-state index is 12.2. The number of alkyl halides is 3. The maximum atomic E-state index is 12.2. The van der Waals surface area contributed by atoms with Gasteiger partial charge in [0.05, 0.1) is 6.54 Å². The van der Waals surface area contributed by atoms with E-state index in [2.05, 4.69) is 26.3 Å². The van der Waals surface area contributed by atoms with Crippen molar-refractivity contribution in [3.05, 3.63) is 42.1 Å². The second kappa shape index (κ2) is 6.90. The van der Waals surface area contributed by atoms with E-state index in [4.69, 9.17) is 0 Å². The summed E-state index contributed by atoms with van der Waals surface area (Å²) >= 11 is 0. The molecule has 136 valence electrons. The first-order valence-corrected chi connectivity index (χ1v) is 7.56. The van der Waals surface area contributed by atoms with E-state index in [9.17, 15) is 22.8 Å². The first-order chi connectivity index (χ1) is 12.3. The number of nitrogens with one attached hydrogen (secondary N) is 4. The molecule has 1 aromatic carbocycles. The van der Waals surface area contributed by atoms with Gasteiger partial charge in [-0.15, -0.1) is 0 Å². The van der Waals surface area contributed by atoms with Crippen LogP contribution in [0.5, 0.6) is 0 Å². The van der Waals surface area contributed by atoms with Crippen LogP contribution < -0.4 is 21.3 Å². The molecule has 3 rings (SSSR count). The molecule has 0 unspecified atom stereocenters. The number of urea groups is 1. The van der Waals surface area contributed by atoms with Crippen molar-refractivity contribution in [2.45, 2.75) is 19.1 Å². The summed E-state index contributed by atoms with van der Waals surface area (Å²) in [7, 11) is 0. The fourth-order valence-electron chi connectivity index (χ4n) is 2.40. The van der Waals surface area contributed by atoms with E-state index >= 15 is 0 Å². The van der Waals surface area contributed by atoms with Crippen molar-refractivity contribution >= 4 is 34.8 Å². The average Bonchev–Trinajstić information content (AvgIpc) is 2.55. The van der Waals surface area contributed by atoms with Crippen molar-refractivity contribution < 1.29 is 22.8 Å². The van der Waals surface area contributed by atoms with E-state index in [0.29, 0.717) is 18.1 Å². The fraction of sp³-hybridized carbons (Fsp3) is 0.188.